The molecule has 1 aromatic rings. The molecule has 0 bridgehead atoms. The molecule has 0 spiro atoms. The monoisotopic (exact) mass is 297 g/mol. The SMILES string of the molecule is COC(=O)C1CN(CCS(=O)c2ccccc2)CCO1. The minimum Gasteiger partial charge on any atom is -0.467 e. The molecule has 0 aromatic heterocycles. The smallest absolute Gasteiger partial charge is 0.336 e. The number of morpholine rings is 1. The number of esters is 1. The Morgan fingerprint density at radius 2 is 2.20 bits per heavy atom. The van der Waals surface area contributed by atoms with Crippen LogP contribution in [0.5, 0.6) is 0 Å². The molecule has 2 atom stereocenters. The van der Waals surface area contributed by atoms with Crippen molar-refractivity contribution in [3.63, 3.8) is 0 Å². The zero-order valence-electron chi connectivity index (χ0n) is 11.5. The first-order valence-corrected chi connectivity index (χ1v) is 7.88. The lowest BCUT2D eigenvalue weighted by Gasteiger charge is -2.31. The van der Waals surface area contributed by atoms with Crippen LogP contribution in [0.25, 0.3) is 0 Å². The van der Waals surface area contributed by atoms with Gasteiger partial charge in [-0.05, 0) is 12.1 Å². The standard InChI is InChI=1S/C14H19NO4S/c1-18-14(16)13-11-15(7-9-19-13)8-10-20(17)12-5-3-2-4-6-12/h2-6,13H,7-11H2,1H3. The van der Waals surface area contributed by atoms with Gasteiger partial charge in [-0.3, -0.25) is 9.11 Å². The molecule has 2 unspecified atom stereocenters. The number of methoxy groups -OCH3 is 1. The van der Waals surface area contributed by atoms with Crippen LogP contribution >= 0.6 is 0 Å². The van der Waals surface area contributed by atoms with Crippen molar-refractivity contribution >= 4 is 16.8 Å². The van der Waals surface area contributed by atoms with Crippen molar-refractivity contribution in [1.29, 1.82) is 0 Å². The second kappa shape index (κ2) is 7.52. The largest absolute Gasteiger partial charge is 0.467 e. The highest BCUT2D eigenvalue weighted by molar-refractivity contribution is 7.85. The fourth-order valence-electron chi connectivity index (χ4n) is 2.08. The van der Waals surface area contributed by atoms with Gasteiger partial charge in [-0.25, -0.2) is 4.79 Å². The van der Waals surface area contributed by atoms with Crippen LogP contribution < -0.4 is 0 Å². The molecule has 1 heterocycles. The Kier molecular flexibility index (Phi) is 5.70. The summed E-state index contributed by atoms with van der Waals surface area (Å²) in [7, 11) is 0.349. The minimum atomic E-state index is -1.01. The Balaban J connectivity index is 1.82. The Morgan fingerprint density at radius 1 is 1.45 bits per heavy atom. The van der Waals surface area contributed by atoms with Gasteiger partial charge >= 0.3 is 5.97 Å². The predicted octanol–water partition coefficient (Wildman–Crippen LogP) is 0.668. The number of carbonyl (C=O) groups excluding carboxylic acids is 1. The summed E-state index contributed by atoms with van der Waals surface area (Å²) in [4.78, 5) is 14.4. The Hall–Kier alpha value is -1.24. The highest BCUT2D eigenvalue weighted by atomic mass is 32.2. The van der Waals surface area contributed by atoms with Crippen LogP contribution in [0.2, 0.25) is 0 Å². The van der Waals surface area contributed by atoms with Gasteiger partial charge in [0.15, 0.2) is 6.10 Å². The molecule has 110 valence electrons. The summed E-state index contributed by atoms with van der Waals surface area (Å²) in [5.41, 5.74) is 0. The summed E-state index contributed by atoms with van der Waals surface area (Å²) in [5, 5.41) is 0. The van der Waals surface area contributed by atoms with E-state index in [1.54, 1.807) is 0 Å². The molecular weight excluding hydrogens is 278 g/mol. The van der Waals surface area contributed by atoms with Gasteiger partial charge in [0.2, 0.25) is 0 Å². The van der Waals surface area contributed by atoms with E-state index in [0.717, 1.165) is 11.4 Å². The number of rotatable bonds is 5. The van der Waals surface area contributed by atoms with Crippen LogP contribution in [-0.4, -0.2) is 60.3 Å². The maximum absolute atomic E-state index is 12.1. The molecule has 2 rings (SSSR count). The van der Waals surface area contributed by atoms with Gasteiger partial charge in [0.05, 0.1) is 24.5 Å². The molecule has 1 aromatic carbocycles. The molecule has 5 nitrogen and oxygen atoms in total. The molecule has 1 aliphatic heterocycles. The van der Waals surface area contributed by atoms with Gasteiger partial charge in [0.1, 0.15) is 0 Å². The van der Waals surface area contributed by atoms with Crippen LogP contribution in [0.4, 0.5) is 0 Å². The molecule has 0 amide bonds. The Bertz CT molecular complexity index is 466. The average molecular weight is 297 g/mol. The van der Waals surface area contributed by atoms with Gasteiger partial charge in [-0.2, -0.15) is 0 Å². The van der Waals surface area contributed by atoms with Crippen LogP contribution in [0.3, 0.4) is 0 Å². The van der Waals surface area contributed by atoms with E-state index in [0.29, 0.717) is 25.4 Å². The molecule has 6 heteroatoms. The summed E-state index contributed by atoms with van der Waals surface area (Å²) in [6.45, 7) is 2.42. The van der Waals surface area contributed by atoms with Crippen LogP contribution in [0, 0.1) is 0 Å². The highest BCUT2D eigenvalue weighted by Gasteiger charge is 2.27. The molecule has 1 aliphatic rings. The first kappa shape index (κ1) is 15.2. The quantitative estimate of drug-likeness (QED) is 0.748. The number of ether oxygens (including phenoxy) is 2. The van der Waals surface area contributed by atoms with Crippen molar-refractivity contribution in [1.82, 2.24) is 4.90 Å². The maximum Gasteiger partial charge on any atom is 0.336 e. The third-order valence-electron chi connectivity index (χ3n) is 3.21. The summed E-state index contributed by atoms with van der Waals surface area (Å²) >= 11 is 0. The van der Waals surface area contributed by atoms with Gasteiger partial charge in [0, 0.05) is 30.3 Å². The van der Waals surface area contributed by atoms with E-state index in [2.05, 4.69) is 9.64 Å². The number of carbonyl (C=O) groups is 1. The van der Waals surface area contributed by atoms with E-state index < -0.39 is 16.9 Å². The van der Waals surface area contributed by atoms with Gasteiger partial charge < -0.3 is 9.47 Å². The number of hydrogen-bond donors (Lipinski definition) is 0. The fraction of sp³-hybridized carbons (Fsp3) is 0.500. The zero-order chi connectivity index (χ0) is 14.4. The first-order chi connectivity index (χ1) is 9.70. The molecule has 0 saturated carbocycles. The molecule has 0 aliphatic carbocycles. The number of benzene rings is 1. The topological polar surface area (TPSA) is 55.8 Å². The average Bonchev–Trinajstić information content (AvgIpc) is 2.53. The van der Waals surface area contributed by atoms with Crippen molar-refractivity contribution in [3.8, 4) is 0 Å². The summed E-state index contributed by atoms with van der Waals surface area (Å²) in [5.74, 6) is 0.205. The molecule has 1 saturated heterocycles. The zero-order valence-corrected chi connectivity index (χ0v) is 12.3. The number of hydrogen-bond acceptors (Lipinski definition) is 5. The molecule has 0 N–H and O–H groups in total. The van der Waals surface area contributed by atoms with Crippen molar-refractivity contribution in [2.24, 2.45) is 0 Å². The van der Waals surface area contributed by atoms with Crippen LogP contribution in [-0.2, 0) is 25.1 Å². The fourth-order valence-corrected chi connectivity index (χ4v) is 3.20. The van der Waals surface area contributed by atoms with E-state index in [1.165, 1.54) is 7.11 Å². The molecular formula is C14H19NO4S. The third kappa shape index (κ3) is 4.13. The van der Waals surface area contributed by atoms with Crippen molar-refractivity contribution in [3.05, 3.63) is 30.3 Å². The van der Waals surface area contributed by atoms with Crippen molar-refractivity contribution in [2.75, 3.05) is 39.1 Å². The summed E-state index contributed by atoms with van der Waals surface area (Å²) in [6.07, 6.45) is -0.529. The van der Waals surface area contributed by atoms with E-state index in [4.69, 9.17) is 4.74 Å². The minimum absolute atomic E-state index is 0.348. The van der Waals surface area contributed by atoms with Gasteiger partial charge in [-0.1, -0.05) is 18.2 Å². The lowest BCUT2D eigenvalue weighted by Crippen LogP contribution is -2.47. The van der Waals surface area contributed by atoms with Crippen LogP contribution in [0.1, 0.15) is 0 Å². The normalized spacial score (nSPS) is 21.4. The van der Waals surface area contributed by atoms with E-state index in [-0.39, 0.29) is 5.97 Å². The predicted molar refractivity (Wildman–Crippen MR) is 75.9 cm³/mol. The molecule has 1 fully saturated rings. The van der Waals surface area contributed by atoms with E-state index in [1.807, 2.05) is 30.3 Å². The molecule has 20 heavy (non-hydrogen) atoms. The van der Waals surface area contributed by atoms with E-state index >= 15 is 0 Å². The second-order valence-corrected chi connectivity index (χ2v) is 6.12. The van der Waals surface area contributed by atoms with Gasteiger partial charge in [-0.15, -0.1) is 0 Å². The second-order valence-electron chi connectivity index (χ2n) is 4.55. The Labute approximate surface area is 121 Å². The first-order valence-electron chi connectivity index (χ1n) is 6.56. The summed E-state index contributed by atoms with van der Waals surface area (Å²) in [6, 6.07) is 9.41. The van der Waals surface area contributed by atoms with Crippen molar-refractivity contribution in [2.45, 2.75) is 11.0 Å². The molecule has 0 radical (unpaired) electrons. The lowest BCUT2D eigenvalue weighted by molar-refractivity contribution is -0.159. The maximum atomic E-state index is 12.1. The van der Waals surface area contributed by atoms with Gasteiger partial charge in [0.25, 0.3) is 0 Å². The van der Waals surface area contributed by atoms with E-state index in [9.17, 15) is 9.00 Å². The summed E-state index contributed by atoms with van der Waals surface area (Å²) < 4.78 is 22.2. The number of nitrogens with zero attached hydrogens (tertiary/aromatic N) is 1. The van der Waals surface area contributed by atoms with Crippen LogP contribution in [0.15, 0.2) is 35.2 Å². The Morgan fingerprint density at radius 3 is 2.90 bits per heavy atom. The lowest BCUT2D eigenvalue weighted by atomic mass is 10.3. The third-order valence-corrected chi connectivity index (χ3v) is 4.56. The highest BCUT2D eigenvalue weighted by Crippen LogP contribution is 2.09. The van der Waals surface area contributed by atoms with Crippen molar-refractivity contribution < 1.29 is 18.5 Å².